The van der Waals surface area contributed by atoms with Gasteiger partial charge in [0.25, 0.3) is 5.91 Å². The van der Waals surface area contributed by atoms with Crippen LogP contribution >= 0.6 is 0 Å². The van der Waals surface area contributed by atoms with Gasteiger partial charge in [0, 0.05) is 39.2 Å². The average molecular weight is 305 g/mol. The van der Waals surface area contributed by atoms with Crippen molar-refractivity contribution in [2.45, 2.75) is 26.8 Å². The molecule has 0 saturated carbocycles. The van der Waals surface area contributed by atoms with E-state index in [4.69, 9.17) is 8.94 Å². The smallest absolute Gasteiger partial charge is 0.292 e. The number of hydrogen-bond donors (Lipinski definition) is 0. The normalized spacial score (nSPS) is 17.7. The van der Waals surface area contributed by atoms with E-state index in [1.54, 1.807) is 24.8 Å². The van der Waals surface area contributed by atoms with Crippen LogP contribution in [0.1, 0.15) is 41.0 Å². The van der Waals surface area contributed by atoms with Crippen molar-refractivity contribution in [1.29, 1.82) is 0 Å². The van der Waals surface area contributed by atoms with E-state index >= 15 is 0 Å². The van der Waals surface area contributed by atoms with Crippen molar-refractivity contribution in [3.8, 4) is 0 Å². The molecule has 8 heteroatoms. The Labute approximate surface area is 128 Å². The van der Waals surface area contributed by atoms with Gasteiger partial charge in [-0.25, -0.2) is 0 Å². The van der Waals surface area contributed by atoms with Crippen LogP contribution in [0.15, 0.2) is 15.0 Å². The van der Waals surface area contributed by atoms with Crippen LogP contribution in [0.3, 0.4) is 0 Å². The molecule has 2 aromatic rings. The molecule has 3 heterocycles. The van der Waals surface area contributed by atoms with Gasteiger partial charge in [0.15, 0.2) is 0 Å². The minimum absolute atomic E-state index is 0.0472. The van der Waals surface area contributed by atoms with Gasteiger partial charge in [0.1, 0.15) is 0 Å². The van der Waals surface area contributed by atoms with Crippen LogP contribution in [-0.4, -0.2) is 57.2 Å². The van der Waals surface area contributed by atoms with E-state index in [1.165, 1.54) is 0 Å². The second kappa shape index (κ2) is 5.88. The molecule has 1 fully saturated rings. The summed E-state index contributed by atoms with van der Waals surface area (Å²) in [4.78, 5) is 16.3. The van der Waals surface area contributed by atoms with Gasteiger partial charge in [-0.1, -0.05) is 5.16 Å². The molecule has 1 aliphatic rings. The topological polar surface area (TPSA) is 88.5 Å². The number of amides is 1. The molecule has 22 heavy (non-hydrogen) atoms. The van der Waals surface area contributed by atoms with Crippen molar-refractivity contribution in [2.75, 3.05) is 26.2 Å². The molecule has 1 saturated heterocycles. The Bertz CT molecular complexity index is 657. The lowest BCUT2D eigenvalue weighted by atomic mass is 10.2. The molecule has 1 unspecified atom stereocenters. The van der Waals surface area contributed by atoms with Gasteiger partial charge in [0.2, 0.25) is 17.5 Å². The Kier molecular flexibility index (Phi) is 3.93. The van der Waals surface area contributed by atoms with Crippen LogP contribution in [0.25, 0.3) is 0 Å². The van der Waals surface area contributed by atoms with E-state index in [0.29, 0.717) is 36.3 Å². The molecule has 2 aromatic heterocycles. The molecule has 0 N–H and O–H groups in total. The fourth-order valence-electron chi connectivity index (χ4n) is 2.57. The van der Waals surface area contributed by atoms with Crippen LogP contribution in [0.4, 0.5) is 0 Å². The Morgan fingerprint density at radius 2 is 1.95 bits per heavy atom. The maximum Gasteiger partial charge on any atom is 0.292 e. The van der Waals surface area contributed by atoms with Crippen molar-refractivity contribution >= 4 is 5.91 Å². The Balaban J connectivity index is 1.59. The lowest BCUT2D eigenvalue weighted by molar-refractivity contribution is 0.0521. The molecule has 0 aromatic carbocycles. The second-order valence-electron chi connectivity index (χ2n) is 5.50. The zero-order valence-corrected chi connectivity index (χ0v) is 12.9. The van der Waals surface area contributed by atoms with Gasteiger partial charge < -0.3 is 13.8 Å². The average Bonchev–Trinajstić information content (AvgIpc) is 3.14. The summed E-state index contributed by atoms with van der Waals surface area (Å²) in [5.74, 6) is 1.37. The highest BCUT2D eigenvalue weighted by Gasteiger charge is 2.28. The summed E-state index contributed by atoms with van der Waals surface area (Å²) < 4.78 is 10.5. The molecule has 118 valence electrons. The Hall–Kier alpha value is -2.22. The predicted molar refractivity (Wildman–Crippen MR) is 76.2 cm³/mol. The molecular weight excluding hydrogens is 286 g/mol. The lowest BCUT2D eigenvalue weighted by Gasteiger charge is -2.36. The first-order valence-corrected chi connectivity index (χ1v) is 7.31. The third kappa shape index (κ3) is 2.87. The number of carbonyl (C=O) groups is 1. The first-order valence-electron chi connectivity index (χ1n) is 7.31. The van der Waals surface area contributed by atoms with E-state index in [2.05, 4.69) is 20.3 Å². The number of rotatable bonds is 3. The van der Waals surface area contributed by atoms with Crippen LogP contribution in [0, 0.1) is 13.8 Å². The van der Waals surface area contributed by atoms with Gasteiger partial charge in [-0.15, -0.1) is 10.2 Å². The van der Waals surface area contributed by atoms with Crippen molar-refractivity contribution in [1.82, 2.24) is 25.2 Å². The summed E-state index contributed by atoms with van der Waals surface area (Å²) >= 11 is 0. The first kappa shape index (κ1) is 14.7. The monoisotopic (exact) mass is 305 g/mol. The molecule has 1 atom stereocenters. The van der Waals surface area contributed by atoms with Gasteiger partial charge in [-0.05, 0) is 13.8 Å². The van der Waals surface area contributed by atoms with Gasteiger partial charge >= 0.3 is 0 Å². The Morgan fingerprint density at radius 3 is 2.50 bits per heavy atom. The lowest BCUT2D eigenvalue weighted by Crippen LogP contribution is -2.49. The van der Waals surface area contributed by atoms with E-state index in [0.717, 1.165) is 13.1 Å². The summed E-state index contributed by atoms with van der Waals surface area (Å²) in [6, 6.07) is 1.71. The summed E-state index contributed by atoms with van der Waals surface area (Å²) in [6.45, 7) is 8.38. The Morgan fingerprint density at radius 1 is 1.23 bits per heavy atom. The summed E-state index contributed by atoms with van der Waals surface area (Å²) in [5, 5.41) is 11.7. The van der Waals surface area contributed by atoms with E-state index < -0.39 is 0 Å². The standard InChI is InChI=1S/C14H19N5O3/c1-9-8-12(22-17-9)14(20)19-6-4-18(5-7-19)10(2)13-16-15-11(3)21-13/h8,10H,4-7H2,1-3H3. The summed E-state index contributed by atoms with van der Waals surface area (Å²) in [6.07, 6.45) is 0. The SMILES string of the molecule is Cc1cc(C(=O)N2CCN(C(C)c3nnc(C)o3)CC2)on1. The van der Waals surface area contributed by atoms with E-state index in [9.17, 15) is 4.79 Å². The summed E-state index contributed by atoms with van der Waals surface area (Å²) in [5.41, 5.74) is 0.711. The number of nitrogens with zero attached hydrogens (tertiary/aromatic N) is 5. The highest BCUT2D eigenvalue weighted by Crippen LogP contribution is 2.21. The highest BCUT2D eigenvalue weighted by atomic mass is 16.5. The quantitative estimate of drug-likeness (QED) is 0.841. The highest BCUT2D eigenvalue weighted by molar-refractivity contribution is 5.91. The van der Waals surface area contributed by atoms with E-state index in [-0.39, 0.29) is 11.9 Å². The minimum atomic E-state index is -0.110. The van der Waals surface area contributed by atoms with E-state index in [1.807, 2.05) is 6.92 Å². The maximum absolute atomic E-state index is 12.3. The zero-order valence-electron chi connectivity index (χ0n) is 12.9. The molecule has 8 nitrogen and oxygen atoms in total. The zero-order chi connectivity index (χ0) is 15.7. The van der Waals surface area contributed by atoms with Gasteiger partial charge in [0.05, 0.1) is 11.7 Å². The molecule has 1 aliphatic heterocycles. The van der Waals surface area contributed by atoms with Crippen molar-refractivity contribution < 1.29 is 13.7 Å². The van der Waals surface area contributed by atoms with Gasteiger partial charge in [-0.2, -0.15) is 0 Å². The van der Waals surface area contributed by atoms with Crippen LogP contribution < -0.4 is 0 Å². The molecule has 0 bridgehead atoms. The van der Waals surface area contributed by atoms with Crippen LogP contribution in [0.2, 0.25) is 0 Å². The number of carbonyl (C=O) groups excluding carboxylic acids is 1. The second-order valence-corrected chi connectivity index (χ2v) is 5.50. The fourth-order valence-corrected chi connectivity index (χ4v) is 2.57. The number of aromatic nitrogens is 3. The maximum atomic E-state index is 12.3. The minimum Gasteiger partial charge on any atom is -0.424 e. The third-order valence-electron chi connectivity index (χ3n) is 3.89. The number of piperazine rings is 1. The molecule has 0 radical (unpaired) electrons. The fraction of sp³-hybridized carbons (Fsp3) is 0.571. The molecule has 1 amide bonds. The van der Waals surface area contributed by atoms with Crippen molar-refractivity contribution in [2.24, 2.45) is 0 Å². The largest absolute Gasteiger partial charge is 0.424 e. The van der Waals surface area contributed by atoms with Crippen molar-refractivity contribution in [3.05, 3.63) is 29.3 Å². The predicted octanol–water partition coefficient (Wildman–Crippen LogP) is 1.19. The van der Waals surface area contributed by atoms with Crippen LogP contribution in [-0.2, 0) is 0 Å². The van der Waals surface area contributed by atoms with Crippen LogP contribution in [0.5, 0.6) is 0 Å². The molecule has 3 rings (SSSR count). The first-order chi connectivity index (χ1) is 10.5. The molecule has 0 spiro atoms. The molecule has 0 aliphatic carbocycles. The van der Waals surface area contributed by atoms with Crippen molar-refractivity contribution in [3.63, 3.8) is 0 Å². The number of aryl methyl sites for hydroxylation is 2. The van der Waals surface area contributed by atoms with Gasteiger partial charge in [-0.3, -0.25) is 9.69 Å². The summed E-state index contributed by atoms with van der Waals surface area (Å²) in [7, 11) is 0. The molecular formula is C14H19N5O3. The third-order valence-corrected chi connectivity index (χ3v) is 3.89. The number of hydrogen-bond acceptors (Lipinski definition) is 7.